The number of amides is 1. The van der Waals surface area contributed by atoms with Crippen LogP contribution in [0.4, 0.5) is 5.69 Å². The molecule has 0 bridgehead atoms. The van der Waals surface area contributed by atoms with Crippen LogP contribution in [-0.4, -0.2) is 16.0 Å². The first-order valence-corrected chi connectivity index (χ1v) is 10.9. The fraction of sp³-hybridized carbons (Fsp3) is 0.0833. The Balaban J connectivity index is 1.69. The zero-order valence-corrected chi connectivity index (χ0v) is 18.3. The van der Waals surface area contributed by atoms with Crippen molar-refractivity contribution in [2.75, 3.05) is 0 Å². The van der Waals surface area contributed by atoms with Crippen molar-refractivity contribution in [2.45, 2.75) is 13.5 Å². The lowest BCUT2D eigenvalue weighted by atomic mass is 10.2. The Morgan fingerprint density at radius 1 is 0.966 bits per heavy atom. The van der Waals surface area contributed by atoms with Crippen molar-refractivity contribution in [1.82, 2.24) is 4.90 Å². The summed E-state index contributed by atoms with van der Waals surface area (Å²) >= 11 is 4.87. The number of rotatable bonds is 4. The van der Waals surface area contributed by atoms with Gasteiger partial charge in [0.05, 0.1) is 17.1 Å². The van der Waals surface area contributed by atoms with E-state index in [0.717, 1.165) is 21.3 Å². The standard InChI is InChI=1S/C24H19BrN2OS/c1-17-7-13-21(14-8-17)26-24-27(16-19-5-3-2-4-6-19)23(28)22(29-24)15-18-9-11-20(25)12-10-18/h2-15H,16H2,1H3/b22-15+,26-24?. The average molecular weight is 463 g/mol. The van der Waals surface area contributed by atoms with E-state index in [1.54, 1.807) is 4.90 Å². The molecule has 1 amide bonds. The van der Waals surface area contributed by atoms with Crippen LogP contribution >= 0.6 is 27.7 Å². The molecule has 4 rings (SSSR count). The fourth-order valence-corrected chi connectivity index (χ4v) is 4.20. The summed E-state index contributed by atoms with van der Waals surface area (Å²) in [5.41, 5.74) is 4.08. The van der Waals surface area contributed by atoms with E-state index in [0.29, 0.717) is 16.6 Å². The monoisotopic (exact) mass is 462 g/mol. The molecule has 1 aliphatic rings. The van der Waals surface area contributed by atoms with Gasteiger partial charge in [-0.2, -0.15) is 0 Å². The Morgan fingerprint density at radius 3 is 2.34 bits per heavy atom. The Bertz CT molecular complexity index is 1070. The molecule has 3 nitrogen and oxygen atoms in total. The van der Waals surface area contributed by atoms with Gasteiger partial charge in [0.25, 0.3) is 5.91 Å². The summed E-state index contributed by atoms with van der Waals surface area (Å²) in [5, 5.41) is 0.700. The van der Waals surface area contributed by atoms with E-state index in [1.165, 1.54) is 17.3 Å². The lowest BCUT2D eigenvalue weighted by Crippen LogP contribution is -2.28. The zero-order chi connectivity index (χ0) is 20.2. The largest absolute Gasteiger partial charge is 0.282 e. The molecule has 5 heteroatoms. The maximum absolute atomic E-state index is 13.2. The molecule has 3 aromatic rings. The van der Waals surface area contributed by atoms with Crippen molar-refractivity contribution in [2.24, 2.45) is 4.99 Å². The van der Waals surface area contributed by atoms with Gasteiger partial charge >= 0.3 is 0 Å². The maximum Gasteiger partial charge on any atom is 0.267 e. The summed E-state index contributed by atoms with van der Waals surface area (Å²) in [7, 11) is 0. The summed E-state index contributed by atoms with van der Waals surface area (Å²) in [5.74, 6) is -0.0207. The molecule has 0 unspecified atom stereocenters. The molecule has 0 aliphatic carbocycles. The number of aliphatic imine (C=N–C) groups is 1. The molecule has 0 saturated carbocycles. The van der Waals surface area contributed by atoms with E-state index in [9.17, 15) is 4.79 Å². The van der Waals surface area contributed by atoms with E-state index in [-0.39, 0.29) is 5.91 Å². The van der Waals surface area contributed by atoms with Crippen molar-refractivity contribution in [1.29, 1.82) is 0 Å². The molecule has 1 heterocycles. The van der Waals surface area contributed by atoms with Crippen LogP contribution in [0.1, 0.15) is 16.7 Å². The molecule has 1 fully saturated rings. The highest BCUT2D eigenvalue weighted by Crippen LogP contribution is 2.35. The molecular weight excluding hydrogens is 444 g/mol. The van der Waals surface area contributed by atoms with Gasteiger partial charge < -0.3 is 0 Å². The topological polar surface area (TPSA) is 32.7 Å². The van der Waals surface area contributed by atoms with E-state index in [4.69, 9.17) is 4.99 Å². The predicted molar refractivity (Wildman–Crippen MR) is 125 cm³/mol. The molecule has 0 radical (unpaired) electrons. The Labute approximate surface area is 183 Å². The number of nitrogens with zero attached hydrogens (tertiary/aromatic N) is 2. The van der Waals surface area contributed by atoms with Crippen LogP contribution < -0.4 is 0 Å². The SMILES string of the molecule is Cc1ccc(N=C2S/C(=C/c3ccc(Br)cc3)C(=O)N2Cc2ccccc2)cc1. The van der Waals surface area contributed by atoms with Crippen LogP contribution in [0.5, 0.6) is 0 Å². The van der Waals surface area contributed by atoms with Crippen LogP contribution in [0.15, 0.2) is 93.2 Å². The minimum Gasteiger partial charge on any atom is -0.282 e. The Morgan fingerprint density at radius 2 is 1.66 bits per heavy atom. The second kappa shape index (κ2) is 8.80. The van der Waals surface area contributed by atoms with Crippen LogP contribution in [0.2, 0.25) is 0 Å². The van der Waals surface area contributed by atoms with Gasteiger partial charge in [-0.3, -0.25) is 9.69 Å². The van der Waals surface area contributed by atoms with E-state index >= 15 is 0 Å². The number of hydrogen-bond donors (Lipinski definition) is 0. The van der Waals surface area contributed by atoms with Gasteiger partial charge in [-0.05, 0) is 60.2 Å². The minimum absolute atomic E-state index is 0.0207. The molecule has 0 atom stereocenters. The Hall–Kier alpha value is -2.63. The molecule has 1 saturated heterocycles. The van der Waals surface area contributed by atoms with Crippen LogP contribution in [-0.2, 0) is 11.3 Å². The number of benzene rings is 3. The van der Waals surface area contributed by atoms with Crippen LogP contribution in [0.3, 0.4) is 0 Å². The number of amidine groups is 1. The molecule has 0 N–H and O–H groups in total. The van der Waals surface area contributed by atoms with Gasteiger partial charge in [-0.1, -0.05) is 76.1 Å². The third-order valence-electron chi connectivity index (χ3n) is 4.50. The minimum atomic E-state index is -0.0207. The Kier molecular flexibility index (Phi) is 5.97. The van der Waals surface area contributed by atoms with Crippen molar-refractivity contribution in [3.8, 4) is 0 Å². The highest BCUT2D eigenvalue weighted by Gasteiger charge is 2.33. The van der Waals surface area contributed by atoms with Crippen molar-refractivity contribution in [3.63, 3.8) is 0 Å². The first-order chi connectivity index (χ1) is 14.1. The maximum atomic E-state index is 13.2. The fourth-order valence-electron chi connectivity index (χ4n) is 2.94. The quantitative estimate of drug-likeness (QED) is 0.411. The van der Waals surface area contributed by atoms with Crippen molar-refractivity contribution >= 4 is 50.5 Å². The molecule has 144 valence electrons. The van der Waals surface area contributed by atoms with Crippen LogP contribution in [0, 0.1) is 6.92 Å². The number of halogens is 1. The first-order valence-electron chi connectivity index (χ1n) is 9.25. The molecule has 29 heavy (non-hydrogen) atoms. The third-order valence-corrected chi connectivity index (χ3v) is 6.03. The second-order valence-electron chi connectivity index (χ2n) is 6.77. The van der Waals surface area contributed by atoms with E-state index in [1.807, 2.05) is 91.9 Å². The van der Waals surface area contributed by atoms with Gasteiger partial charge in [0.1, 0.15) is 0 Å². The van der Waals surface area contributed by atoms with Crippen LogP contribution in [0.25, 0.3) is 6.08 Å². The first kappa shape index (κ1) is 19.7. The van der Waals surface area contributed by atoms with Gasteiger partial charge in [0.15, 0.2) is 5.17 Å². The number of carbonyl (C=O) groups excluding carboxylic acids is 1. The zero-order valence-electron chi connectivity index (χ0n) is 15.9. The number of thioether (sulfide) groups is 1. The van der Waals surface area contributed by atoms with Crippen molar-refractivity contribution in [3.05, 3.63) is 105 Å². The summed E-state index contributed by atoms with van der Waals surface area (Å²) in [4.78, 5) is 20.4. The predicted octanol–water partition coefficient (Wildman–Crippen LogP) is 6.56. The molecular formula is C24H19BrN2OS. The summed E-state index contributed by atoms with van der Waals surface area (Å²) in [6.45, 7) is 2.54. The molecule has 3 aromatic carbocycles. The van der Waals surface area contributed by atoms with E-state index < -0.39 is 0 Å². The van der Waals surface area contributed by atoms with Gasteiger partial charge in [0, 0.05) is 4.47 Å². The summed E-state index contributed by atoms with van der Waals surface area (Å²) in [6.07, 6.45) is 1.93. The number of hydrogen-bond acceptors (Lipinski definition) is 3. The van der Waals surface area contributed by atoms with Gasteiger partial charge in [-0.15, -0.1) is 0 Å². The van der Waals surface area contributed by atoms with Gasteiger partial charge in [-0.25, -0.2) is 4.99 Å². The highest BCUT2D eigenvalue weighted by molar-refractivity contribution is 9.10. The second-order valence-corrected chi connectivity index (χ2v) is 8.69. The normalized spacial score (nSPS) is 16.8. The van der Waals surface area contributed by atoms with E-state index in [2.05, 4.69) is 15.9 Å². The number of carbonyl (C=O) groups is 1. The highest BCUT2D eigenvalue weighted by atomic mass is 79.9. The lowest BCUT2D eigenvalue weighted by Gasteiger charge is -2.15. The smallest absolute Gasteiger partial charge is 0.267 e. The average Bonchev–Trinajstić information content (AvgIpc) is 3.01. The summed E-state index contributed by atoms with van der Waals surface area (Å²) in [6, 6.07) is 25.9. The molecule has 0 aromatic heterocycles. The lowest BCUT2D eigenvalue weighted by molar-refractivity contribution is -0.122. The summed E-state index contributed by atoms with van der Waals surface area (Å²) < 4.78 is 1.01. The molecule has 1 aliphatic heterocycles. The third kappa shape index (κ3) is 4.86. The van der Waals surface area contributed by atoms with Gasteiger partial charge in [0.2, 0.25) is 0 Å². The number of aryl methyl sites for hydroxylation is 1. The van der Waals surface area contributed by atoms with Crippen molar-refractivity contribution < 1.29 is 4.79 Å². The molecule has 0 spiro atoms.